The molecule has 1 aromatic carbocycles. The molecule has 0 unspecified atom stereocenters. The first kappa shape index (κ1) is 15.3. The zero-order valence-corrected chi connectivity index (χ0v) is 12.8. The van der Waals surface area contributed by atoms with Gasteiger partial charge < -0.3 is 5.73 Å². The molecule has 0 saturated carbocycles. The maximum Gasteiger partial charge on any atom is 0.241 e. The molecule has 0 heterocycles. The lowest BCUT2D eigenvalue weighted by Crippen LogP contribution is -2.27. The third-order valence-electron chi connectivity index (χ3n) is 2.83. The predicted octanol–water partition coefficient (Wildman–Crippen LogP) is 1.84. The van der Waals surface area contributed by atoms with E-state index in [-0.39, 0.29) is 0 Å². The zero-order chi connectivity index (χ0) is 13.9. The molecule has 0 atom stereocenters. The third-order valence-corrected chi connectivity index (χ3v) is 5.19. The van der Waals surface area contributed by atoms with Crippen molar-refractivity contribution in [2.45, 2.75) is 25.7 Å². The lowest BCUT2D eigenvalue weighted by atomic mass is 10.1. The minimum atomic E-state index is -3.48. The number of thioether (sulfide) groups is 1. The van der Waals surface area contributed by atoms with Gasteiger partial charge in [-0.1, -0.05) is 6.07 Å². The molecule has 0 radical (unpaired) electrons. The second-order valence-electron chi connectivity index (χ2n) is 4.27. The van der Waals surface area contributed by atoms with Gasteiger partial charge in [-0.15, -0.1) is 0 Å². The van der Waals surface area contributed by atoms with Gasteiger partial charge in [-0.3, -0.25) is 0 Å². The van der Waals surface area contributed by atoms with Crippen molar-refractivity contribution >= 4 is 27.5 Å². The molecular weight excluding hydrogens is 268 g/mol. The zero-order valence-electron chi connectivity index (χ0n) is 11.2. The number of benzene rings is 1. The van der Waals surface area contributed by atoms with E-state index in [0.717, 1.165) is 16.9 Å². The predicted molar refractivity (Wildman–Crippen MR) is 78.6 cm³/mol. The number of rotatable bonds is 5. The first-order valence-electron chi connectivity index (χ1n) is 5.66. The molecule has 0 fully saturated rings. The summed E-state index contributed by atoms with van der Waals surface area (Å²) in [6.07, 6.45) is 1.94. The van der Waals surface area contributed by atoms with Crippen LogP contribution in [0, 0.1) is 20.8 Å². The molecule has 4 nitrogen and oxygen atoms in total. The summed E-state index contributed by atoms with van der Waals surface area (Å²) in [6, 6.07) is 1.81. The molecule has 0 aliphatic heterocycles. The fourth-order valence-electron chi connectivity index (χ4n) is 1.95. The summed E-state index contributed by atoms with van der Waals surface area (Å²) in [5.41, 5.74) is 8.73. The summed E-state index contributed by atoms with van der Waals surface area (Å²) >= 11 is 1.60. The van der Waals surface area contributed by atoms with Gasteiger partial charge in [-0.25, -0.2) is 13.1 Å². The lowest BCUT2D eigenvalue weighted by molar-refractivity contribution is 0.583. The Labute approximate surface area is 113 Å². The fourth-order valence-corrected chi connectivity index (χ4v) is 3.89. The van der Waals surface area contributed by atoms with Crippen LogP contribution in [0.15, 0.2) is 11.0 Å². The maximum absolute atomic E-state index is 12.2. The van der Waals surface area contributed by atoms with E-state index in [1.807, 2.05) is 19.2 Å². The van der Waals surface area contributed by atoms with Crippen molar-refractivity contribution in [1.29, 1.82) is 0 Å². The van der Waals surface area contributed by atoms with Crippen LogP contribution >= 0.6 is 11.8 Å². The van der Waals surface area contributed by atoms with E-state index < -0.39 is 10.0 Å². The highest BCUT2D eigenvalue weighted by Gasteiger charge is 2.21. The first-order chi connectivity index (χ1) is 8.31. The van der Waals surface area contributed by atoms with Gasteiger partial charge in [-0.2, -0.15) is 11.8 Å². The highest BCUT2D eigenvalue weighted by atomic mass is 32.2. The molecule has 1 rings (SSSR count). The topological polar surface area (TPSA) is 72.2 Å². The molecule has 0 spiro atoms. The second-order valence-corrected chi connectivity index (χ2v) is 6.96. The Kier molecular flexibility index (Phi) is 5.07. The van der Waals surface area contributed by atoms with Gasteiger partial charge in [0.2, 0.25) is 10.0 Å². The van der Waals surface area contributed by atoms with Crippen molar-refractivity contribution in [1.82, 2.24) is 4.72 Å². The van der Waals surface area contributed by atoms with Gasteiger partial charge in [0.15, 0.2) is 0 Å². The van der Waals surface area contributed by atoms with E-state index in [2.05, 4.69) is 4.72 Å². The van der Waals surface area contributed by atoms with Crippen LogP contribution < -0.4 is 10.5 Å². The van der Waals surface area contributed by atoms with E-state index in [0.29, 0.717) is 22.7 Å². The van der Waals surface area contributed by atoms with Gasteiger partial charge >= 0.3 is 0 Å². The number of hydrogen-bond donors (Lipinski definition) is 2. The molecule has 6 heteroatoms. The number of aryl methyl sites for hydroxylation is 2. The minimum absolute atomic E-state index is 0.312. The van der Waals surface area contributed by atoms with Gasteiger partial charge in [0, 0.05) is 18.0 Å². The molecule has 0 bridgehead atoms. The van der Waals surface area contributed by atoms with E-state index in [4.69, 9.17) is 5.73 Å². The molecule has 3 N–H and O–H groups in total. The molecule has 0 aromatic heterocycles. The molecule has 18 heavy (non-hydrogen) atoms. The highest BCUT2D eigenvalue weighted by Crippen LogP contribution is 2.27. The van der Waals surface area contributed by atoms with Crippen LogP contribution in [0.2, 0.25) is 0 Å². The number of nitrogens with two attached hydrogens (primary N) is 1. The summed E-state index contributed by atoms with van der Waals surface area (Å²) in [5.74, 6) is 0.749. The molecule has 0 aliphatic rings. The molecule has 0 amide bonds. The number of hydrogen-bond acceptors (Lipinski definition) is 4. The number of nitrogen functional groups attached to an aromatic ring is 1. The summed E-state index contributed by atoms with van der Waals surface area (Å²) in [7, 11) is -3.48. The van der Waals surface area contributed by atoms with Gasteiger partial charge in [0.05, 0.1) is 4.90 Å². The Morgan fingerprint density at radius 2 is 1.89 bits per heavy atom. The van der Waals surface area contributed by atoms with Crippen LogP contribution in [0.3, 0.4) is 0 Å². The lowest BCUT2D eigenvalue weighted by Gasteiger charge is -2.15. The molecule has 102 valence electrons. The second kappa shape index (κ2) is 5.95. The number of sulfonamides is 1. The van der Waals surface area contributed by atoms with Crippen molar-refractivity contribution < 1.29 is 8.42 Å². The van der Waals surface area contributed by atoms with Crippen LogP contribution in [0.25, 0.3) is 0 Å². The summed E-state index contributed by atoms with van der Waals surface area (Å²) in [6.45, 7) is 5.85. The summed E-state index contributed by atoms with van der Waals surface area (Å²) < 4.78 is 27.1. The summed E-state index contributed by atoms with van der Waals surface area (Å²) in [4.78, 5) is 0.312. The van der Waals surface area contributed by atoms with Gasteiger partial charge in [0.25, 0.3) is 0 Å². The van der Waals surface area contributed by atoms with E-state index >= 15 is 0 Å². The summed E-state index contributed by atoms with van der Waals surface area (Å²) in [5, 5.41) is 0. The van der Waals surface area contributed by atoms with Crippen LogP contribution in [0.1, 0.15) is 16.7 Å². The van der Waals surface area contributed by atoms with E-state index in [1.54, 1.807) is 25.6 Å². The number of anilines is 1. The van der Waals surface area contributed by atoms with Crippen molar-refractivity contribution in [3.05, 3.63) is 22.8 Å². The molecular formula is C12H20N2O2S2. The average Bonchev–Trinajstić information content (AvgIpc) is 2.25. The Balaban J connectivity index is 3.21. The van der Waals surface area contributed by atoms with Crippen molar-refractivity contribution in [3.63, 3.8) is 0 Å². The van der Waals surface area contributed by atoms with Crippen LogP contribution in [0.4, 0.5) is 5.69 Å². The molecule has 1 aromatic rings. The first-order valence-corrected chi connectivity index (χ1v) is 8.54. The van der Waals surface area contributed by atoms with Crippen molar-refractivity contribution in [2.24, 2.45) is 0 Å². The fraction of sp³-hybridized carbons (Fsp3) is 0.500. The van der Waals surface area contributed by atoms with Crippen LogP contribution in [-0.2, 0) is 10.0 Å². The van der Waals surface area contributed by atoms with Gasteiger partial charge in [-0.05, 0) is 43.7 Å². The Bertz CT molecular complexity index is 539. The standard InChI is InChI=1S/C12H20N2O2S2/c1-8-7-9(2)12(10(3)11(8)13)18(15,16)14-5-6-17-4/h7,14H,5-6,13H2,1-4H3. The van der Waals surface area contributed by atoms with Crippen LogP contribution in [0.5, 0.6) is 0 Å². The SMILES string of the molecule is CSCCNS(=O)(=O)c1c(C)cc(C)c(N)c1C. The average molecular weight is 288 g/mol. The van der Waals surface area contributed by atoms with Gasteiger partial charge in [0.1, 0.15) is 0 Å². The minimum Gasteiger partial charge on any atom is -0.398 e. The maximum atomic E-state index is 12.2. The molecule has 0 saturated heterocycles. The highest BCUT2D eigenvalue weighted by molar-refractivity contribution is 7.98. The molecule has 0 aliphatic carbocycles. The Morgan fingerprint density at radius 1 is 1.28 bits per heavy atom. The van der Waals surface area contributed by atoms with Crippen molar-refractivity contribution in [3.8, 4) is 0 Å². The number of nitrogens with one attached hydrogen (secondary N) is 1. The van der Waals surface area contributed by atoms with E-state index in [9.17, 15) is 8.42 Å². The van der Waals surface area contributed by atoms with Crippen molar-refractivity contribution in [2.75, 3.05) is 24.3 Å². The normalized spacial score (nSPS) is 11.8. The largest absolute Gasteiger partial charge is 0.398 e. The Hall–Kier alpha value is -0.720. The van der Waals surface area contributed by atoms with E-state index in [1.165, 1.54) is 0 Å². The Morgan fingerprint density at radius 3 is 2.44 bits per heavy atom. The van der Waals surface area contributed by atoms with Crippen LogP contribution in [-0.4, -0.2) is 27.0 Å². The quantitative estimate of drug-likeness (QED) is 0.640. The monoisotopic (exact) mass is 288 g/mol. The smallest absolute Gasteiger partial charge is 0.241 e. The third kappa shape index (κ3) is 3.18.